The molecule has 3 saturated heterocycles. The van der Waals surface area contributed by atoms with E-state index in [1.807, 2.05) is 19.1 Å². The zero-order valence-corrected chi connectivity index (χ0v) is 56.0. The van der Waals surface area contributed by atoms with Crippen LogP contribution in [-0.4, -0.2) is 188 Å². The van der Waals surface area contributed by atoms with E-state index in [1.54, 1.807) is 52.8 Å². The molecule has 516 valence electrons. The maximum Gasteiger partial charge on any atom is 0.409 e. The summed E-state index contributed by atoms with van der Waals surface area (Å²) >= 11 is 12.4. The molecule has 26 nitrogen and oxygen atoms in total. The average molecular weight is 1360 g/mol. The molecular formula is C64H85ClF2N8O18S. The van der Waals surface area contributed by atoms with Gasteiger partial charge >= 0.3 is 24.1 Å². The molecule has 0 aromatic heterocycles. The molecule has 8 amide bonds. The number of alkyl carbamates (subject to hydrolysis) is 1. The van der Waals surface area contributed by atoms with Crippen molar-refractivity contribution < 1.29 is 95.1 Å². The lowest BCUT2D eigenvalue weighted by atomic mass is 9.83. The Morgan fingerprint density at radius 1 is 0.957 bits per heavy atom. The third kappa shape index (κ3) is 20.0. The number of aryl methyl sites for hydroxylation is 1. The van der Waals surface area contributed by atoms with Crippen molar-refractivity contribution in [2.45, 2.75) is 160 Å². The number of Topliss-reactive ketones (excluding diaryl/α,β-unsaturated/α-hetero) is 1. The van der Waals surface area contributed by atoms with Gasteiger partial charge < -0.3 is 69.8 Å². The molecule has 4 bridgehead atoms. The topological polar surface area (TPSA) is 343 Å². The highest BCUT2D eigenvalue weighted by molar-refractivity contribution is 7.80. The highest BCUT2D eigenvalue weighted by Gasteiger charge is 2.64. The number of carbonyl (C=O) groups is 10. The Labute approximate surface area is 554 Å². The number of fused-ring (bicyclic) bond motifs is 5. The van der Waals surface area contributed by atoms with E-state index in [9.17, 15) is 53.1 Å². The molecule has 94 heavy (non-hydrogen) atoms. The standard InChI is InChI=1S/C64H85ClF2N8O18S/c1-34(2)41(31-51(94)69-20-22-89-24-23-88-21-18-55(80)93-75-52(77)16-17-53(75)78)58(81)71-45(14-12-19-70-61(68)84)47(76)29-40-28-44(67)42(30-43(40)66)59(82)73(8)38(6)60(83)91-50-32-54(79)74(9)46-27-39(26-36(4)56(46)65)25-35(3)13-11-15-49(87-10)64(86)33-48(90-62(85)72-64)37(5)57-63(50,7)92-57/h11,13,15,26-28,30,34,37-38,41,45,48-50,57,86H,12,14,16-25,29,31-33H2,1-10H3,(H,69,94)(H,71,81)(H,72,85)(H3,68,70,84)/b15-11+,35-13+/t37-,38+,41+,45+,48+,49-,50+,57+,63+,64+/m1/s1. The van der Waals surface area contributed by atoms with Crippen LogP contribution in [0.25, 0.3) is 0 Å². The number of nitrogens with two attached hydrogens (primary N) is 1. The highest BCUT2D eigenvalue weighted by Crippen LogP contribution is 2.49. The van der Waals surface area contributed by atoms with Gasteiger partial charge in [0, 0.05) is 78.2 Å². The van der Waals surface area contributed by atoms with Gasteiger partial charge in [-0.1, -0.05) is 74.5 Å². The number of urea groups is 1. The van der Waals surface area contributed by atoms with Crippen molar-refractivity contribution in [3.05, 3.63) is 87.0 Å². The minimum atomic E-state index is -1.95. The molecule has 0 saturated carbocycles. The Balaban J connectivity index is 1.10. The summed E-state index contributed by atoms with van der Waals surface area (Å²) < 4.78 is 67.1. The number of halogens is 3. The Bertz CT molecular complexity index is 3250. The molecular weight excluding hydrogens is 1270 g/mol. The maximum atomic E-state index is 16.2. The third-order valence-corrected chi connectivity index (χ3v) is 17.8. The number of amides is 8. The first kappa shape index (κ1) is 75.5. The summed E-state index contributed by atoms with van der Waals surface area (Å²) in [7, 11) is 4.04. The number of imide groups is 1. The summed E-state index contributed by atoms with van der Waals surface area (Å²) in [5.74, 6) is -10.3. The first-order valence-corrected chi connectivity index (χ1v) is 31.7. The van der Waals surface area contributed by atoms with Crippen molar-refractivity contribution in [3.63, 3.8) is 0 Å². The van der Waals surface area contributed by atoms with Crippen LogP contribution < -0.4 is 31.9 Å². The summed E-state index contributed by atoms with van der Waals surface area (Å²) in [5, 5.41) is 23.3. The van der Waals surface area contributed by atoms with E-state index in [0.29, 0.717) is 44.9 Å². The van der Waals surface area contributed by atoms with Crippen LogP contribution in [0.1, 0.15) is 120 Å². The summed E-state index contributed by atoms with van der Waals surface area (Å²) in [6, 6.07) is 1.25. The van der Waals surface area contributed by atoms with Crippen LogP contribution in [0.5, 0.6) is 0 Å². The number of allylic oxidation sites excluding steroid dienone is 3. The number of aliphatic hydroxyl groups is 1. The van der Waals surface area contributed by atoms with Crippen LogP contribution in [0.2, 0.25) is 5.02 Å². The minimum absolute atomic E-state index is 0.00631. The van der Waals surface area contributed by atoms with Gasteiger partial charge in [-0.3, -0.25) is 34.1 Å². The number of carbonyl (C=O) groups excluding carboxylic acids is 10. The summed E-state index contributed by atoms with van der Waals surface area (Å²) in [6.45, 7) is 12.4. The molecule has 3 fully saturated rings. The van der Waals surface area contributed by atoms with Crippen LogP contribution >= 0.6 is 23.8 Å². The smallest absolute Gasteiger partial charge is 0.409 e. The molecule has 10 atom stereocenters. The number of methoxy groups -OCH3 is 1. The van der Waals surface area contributed by atoms with Crippen LogP contribution in [0, 0.1) is 36.3 Å². The van der Waals surface area contributed by atoms with Gasteiger partial charge in [-0.05, 0) is 87.8 Å². The van der Waals surface area contributed by atoms with Crippen LogP contribution in [0.15, 0.2) is 48.1 Å². The van der Waals surface area contributed by atoms with E-state index in [2.05, 4.69) is 21.3 Å². The number of epoxide rings is 1. The molecule has 4 aliphatic heterocycles. The molecule has 6 rings (SSSR count). The summed E-state index contributed by atoms with van der Waals surface area (Å²) in [6.07, 6.45) is -1.26. The number of hydrogen-bond acceptors (Lipinski definition) is 19. The van der Waals surface area contributed by atoms with Gasteiger partial charge in [-0.25, -0.2) is 28.0 Å². The van der Waals surface area contributed by atoms with Gasteiger partial charge in [0.15, 0.2) is 11.5 Å². The Hall–Kier alpha value is -7.54. The SMILES string of the molecule is CO[C@@H]1/C=C/C=C(\C)Cc2cc(C)c(Cl)c(c2)N(C)C(=O)C[C@H](OC(=O)[C@H](C)N(C)C(=O)c2cc(F)c(CC(=O)[C@H](CCCNC(N)=O)NC(=O)[C@@H](CC(=S)NCCOCCOCCC(=O)ON3C(=O)CCC3=O)C(C)C)cc2F)[C@]2(C)O[C@H]2[C@H](C)[C@@H]2C[C@@]1(O)NC(=O)O2. The zero-order chi connectivity index (χ0) is 69.5. The molecule has 4 aliphatic rings. The van der Waals surface area contributed by atoms with Crippen molar-refractivity contribution >= 4 is 93.9 Å². The first-order chi connectivity index (χ1) is 44.3. The van der Waals surface area contributed by atoms with Gasteiger partial charge in [0.2, 0.25) is 11.8 Å². The predicted octanol–water partition coefficient (Wildman–Crippen LogP) is 5.06. The number of hydrogen-bond donors (Lipinski definition) is 6. The first-order valence-electron chi connectivity index (χ1n) is 30.9. The van der Waals surface area contributed by atoms with Crippen molar-refractivity contribution in [1.82, 2.24) is 31.2 Å². The molecule has 0 radical (unpaired) electrons. The van der Waals surface area contributed by atoms with Crippen LogP contribution in [0.4, 0.5) is 24.1 Å². The molecule has 0 spiro atoms. The second-order valence-corrected chi connectivity index (χ2v) is 25.3. The van der Waals surface area contributed by atoms with Crippen LogP contribution in [0.3, 0.4) is 0 Å². The molecule has 4 heterocycles. The fourth-order valence-corrected chi connectivity index (χ4v) is 11.7. The number of hydroxylamine groups is 2. The lowest BCUT2D eigenvalue weighted by Gasteiger charge is -2.42. The number of ketones is 1. The van der Waals surface area contributed by atoms with E-state index >= 15 is 8.78 Å². The number of likely N-dealkylation sites (N-methyl/N-ethyl adjacent to an activating group) is 1. The monoisotopic (exact) mass is 1360 g/mol. The molecule has 7 N–H and O–H groups in total. The molecule has 0 unspecified atom stereocenters. The van der Waals surface area contributed by atoms with Crippen molar-refractivity contribution in [3.8, 4) is 0 Å². The maximum absolute atomic E-state index is 16.2. The Morgan fingerprint density at radius 2 is 1.64 bits per heavy atom. The second kappa shape index (κ2) is 33.7. The number of ether oxygens (including phenoxy) is 6. The number of nitrogens with zero attached hydrogens (tertiary/aromatic N) is 3. The molecule has 0 aliphatic carbocycles. The normalized spacial score (nSPS) is 24.1. The van der Waals surface area contributed by atoms with E-state index < -0.39 is 155 Å². The van der Waals surface area contributed by atoms with E-state index in [0.717, 1.165) is 23.1 Å². The van der Waals surface area contributed by atoms with E-state index in [-0.39, 0.29) is 90.4 Å². The second-order valence-electron chi connectivity index (χ2n) is 24.4. The Kier molecular flexibility index (Phi) is 27.1. The van der Waals surface area contributed by atoms with Crippen molar-refractivity contribution in [2.75, 3.05) is 65.6 Å². The number of rotatable bonds is 27. The van der Waals surface area contributed by atoms with Gasteiger partial charge in [-0.2, -0.15) is 0 Å². The Morgan fingerprint density at radius 3 is 2.30 bits per heavy atom. The average Bonchev–Trinajstić information content (AvgIpc) is 1.57. The molecule has 30 heteroatoms. The van der Waals surface area contributed by atoms with Crippen molar-refractivity contribution in [2.24, 2.45) is 23.5 Å². The molecule has 2 aromatic carbocycles. The third-order valence-electron chi connectivity index (χ3n) is 17.0. The largest absolute Gasteiger partial charge is 0.457 e. The number of nitrogens with one attached hydrogen (secondary N) is 4. The van der Waals surface area contributed by atoms with Gasteiger partial charge in [0.05, 0.1) is 72.7 Å². The highest BCUT2D eigenvalue weighted by atomic mass is 35.5. The van der Waals surface area contributed by atoms with Gasteiger partial charge in [0.25, 0.3) is 17.7 Å². The zero-order valence-electron chi connectivity index (χ0n) is 54.4. The minimum Gasteiger partial charge on any atom is -0.457 e. The van der Waals surface area contributed by atoms with E-state index in [4.69, 9.17) is 62.8 Å². The lowest BCUT2D eigenvalue weighted by Crippen LogP contribution is -2.63. The number of primary amides is 1. The summed E-state index contributed by atoms with van der Waals surface area (Å²) in [4.78, 5) is 138. The fourth-order valence-electron chi connectivity index (χ4n) is 11.2. The van der Waals surface area contributed by atoms with Gasteiger partial charge in [0.1, 0.15) is 41.6 Å². The van der Waals surface area contributed by atoms with Crippen molar-refractivity contribution in [1.29, 1.82) is 0 Å². The molecule has 2 aromatic rings. The van der Waals surface area contributed by atoms with Gasteiger partial charge in [-0.15, -0.1) is 5.06 Å². The summed E-state index contributed by atoms with van der Waals surface area (Å²) in [5.41, 5.74) is 3.27. The number of anilines is 1. The van der Waals surface area contributed by atoms with Crippen LogP contribution in [-0.2, 0) is 79.7 Å². The lowest BCUT2D eigenvalue weighted by molar-refractivity contribution is -0.198. The fraction of sp³-hybridized carbons (Fsp3) is 0.578. The number of thiocarbonyl (C=S) groups is 1. The number of benzene rings is 2. The van der Waals surface area contributed by atoms with E-state index in [1.165, 1.54) is 26.0 Å². The number of esters is 1. The quantitative estimate of drug-likeness (QED) is 0.0224. The predicted molar refractivity (Wildman–Crippen MR) is 339 cm³/mol.